The highest BCUT2D eigenvalue weighted by atomic mass is 32.2. The molecule has 0 radical (unpaired) electrons. The van der Waals surface area contributed by atoms with Crippen LogP contribution in [0.3, 0.4) is 0 Å². The normalized spacial score (nSPS) is 12.4. The summed E-state index contributed by atoms with van der Waals surface area (Å²) >= 11 is 1.82. The quantitative estimate of drug-likeness (QED) is 0.0839. The van der Waals surface area contributed by atoms with E-state index in [-0.39, 0.29) is 12.5 Å². The third kappa shape index (κ3) is 13.1. The van der Waals surface area contributed by atoms with Crippen molar-refractivity contribution in [3.05, 3.63) is 491 Å². The van der Waals surface area contributed by atoms with Gasteiger partial charge in [0.1, 0.15) is 5.82 Å². The van der Waals surface area contributed by atoms with Crippen LogP contribution in [0.25, 0.3) is 89.0 Å². The molecule has 0 saturated carbocycles. The molecule has 0 aliphatic carbocycles. The maximum absolute atomic E-state index is 18.9. The lowest BCUT2D eigenvalue weighted by molar-refractivity contribution is 0.629. The van der Waals surface area contributed by atoms with E-state index in [4.69, 9.17) is 0 Å². The van der Waals surface area contributed by atoms with E-state index in [1.165, 1.54) is 16.4 Å². The number of hydrogen-bond donors (Lipinski definition) is 0. The van der Waals surface area contributed by atoms with Gasteiger partial charge in [0.2, 0.25) is 6.71 Å². The fourth-order valence-electron chi connectivity index (χ4n) is 20.7. The van der Waals surface area contributed by atoms with Crippen LogP contribution >= 0.6 is 11.8 Å². The highest BCUT2D eigenvalue weighted by molar-refractivity contribution is 8.00. The van der Waals surface area contributed by atoms with E-state index in [0.29, 0.717) is 5.69 Å². The Labute approximate surface area is 756 Å². The molecule has 604 valence electrons. The van der Waals surface area contributed by atoms with Crippen LogP contribution in [0.4, 0.5) is 89.7 Å². The summed E-state index contributed by atoms with van der Waals surface area (Å²) in [6, 6.07) is 177. The number of anilines is 15. The summed E-state index contributed by atoms with van der Waals surface area (Å²) in [6.45, 7) is -0.762. The number of fused-ring (bicyclic) bond motifs is 8. The lowest BCUT2D eigenvalue weighted by Crippen LogP contribution is -2.64. The Morgan fingerprint density at radius 1 is 0.194 bits per heavy atom. The van der Waals surface area contributed by atoms with E-state index in [0.717, 1.165) is 195 Å². The van der Waals surface area contributed by atoms with Crippen LogP contribution in [-0.2, 0) is 0 Å². The van der Waals surface area contributed by atoms with Crippen molar-refractivity contribution >= 4 is 143 Å². The number of nitrogens with zero attached hydrogens (tertiary/aromatic N) is 5. The predicted molar refractivity (Wildman–Crippen MR) is 543 cm³/mol. The number of benzene rings is 20. The van der Waals surface area contributed by atoms with Gasteiger partial charge in [-0.2, -0.15) is 0 Å². The SMILES string of the molecule is Fc1ccccc1N1c2cc3c(cc2B2c4ccccc4N(c4c(-c5ccccc5)cccc4-c4ccccc4)c4cc(N(c5ccccc5)c5c(-c6ccccc6)cccc5-c5ccccc5)cc1c42)B1c2ccccc2N(c2c(-c4ccccc4)cccc2-c2ccccc2)c2cc(N(c4ccccc4)c4c(-c5ccccc5)cccc4-c4ccccc4)cc(c21)S3. The Balaban J connectivity index is 0.822. The predicted octanol–water partition coefficient (Wildman–Crippen LogP) is 28.9. The van der Waals surface area contributed by atoms with Crippen LogP contribution in [0, 0.1) is 5.82 Å². The molecule has 4 heterocycles. The molecule has 0 spiro atoms. The molecule has 4 aliphatic heterocycles. The molecule has 20 aromatic carbocycles. The summed E-state index contributed by atoms with van der Waals surface area (Å²) < 4.78 is 18.9. The Morgan fingerprint density at radius 2 is 0.481 bits per heavy atom. The molecule has 0 unspecified atom stereocenters. The Hall–Kier alpha value is -16.2. The van der Waals surface area contributed by atoms with Crippen LogP contribution in [0.1, 0.15) is 0 Å². The van der Waals surface area contributed by atoms with Gasteiger partial charge in [0.25, 0.3) is 6.71 Å². The molecule has 20 aromatic rings. The molecule has 0 N–H and O–H groups in total. The zero-order valence-electron chi connectivity index (χ0n) is 70.4. The fraction of sp³-hybridized carbons (Fsp3) is 0. The molecule has 0 bridgehead atoms. The van der Waals surface area contributed by atoms with Crippen LogP contribution in [-0.4, -0.2) is 13.4 Å². The lowest BCUT2D eigenvalue weighted by Gasteiger charge is -2.47. The van der Waals surface area contributed by atoms with E-state index < -0.39 is 6.71 Å². The van der Waals surface area contributed by atoms with E-state index >= 15 is 4.39 Å². The second-order valence-electron chi connectivity index (χ2n) is 33.3. The molecule has 0 saturated heterocycles. The van der Waals surface area contributed by atoms with Gasteiger partial charge in [-0.05, 0) is 151 Å². The molecule has 129 heavy (non-hydrogen) atoms. The molecule has 0 aromatic heterocycles. The van der Waals surface area contributed by atoms with Crippen LogP contribution in [0.15, 0.2) is 495 Å². The van der Waals surface area contributed by atoms with E-state index in [9.17, 15) is 0 Å². The average molecular weight is 1660 g/mol. The molecular weight excluding hydrogens is 1580 g/mol. The summed E-state index contributed by atoms with van der Waals surface area (Å²) in [5.74, 6) is -0.348. The number of halogens is 1. The van der Waals surface area contributed by atoms with Crippen molar-refractivity contribution in [3.8, 4) is 89.0 Å². The minimum atomic E-state index is -0.428. The molecule has 9 heteroatoms. The summed E-state index contributed by atoms with van der Waals surface area (Å²) in [6.07, 6.45) is 0. The third-order valence-corrected chi connectivity index (χ3v) is 27.2. The Kier molecular flexibility index (Phi) is 19.2. The smallest absolute Gasteiger partial charge is 0.252 e. The van der Waals surface area contributed by atoms with Gasteiger partial charge in [0.05, 0.1) is 34.1 Å². The number of hydrogen-bond acceptors (Lipinski definition) is 6. The highest BCUT2D eigenvalue weighted by Crippen LogP contribution is 2.58. The zero-order valence-corrected chi connectivity index (χ0v) is 71.2. The van der Waals surface area contributed by atoms with Crippen molar-refractivity contribution in [2.24, 2.45) is 0 Å². The standard InChI is InChI=1S/C120H80B2FN5S/c123-105-71-33-36-74-108(105)126-109-80-113-104(122-102-70-32-35-73-107(102)128(120-99(87-53-23-7-24-54-87)67-40-68-100(120)88-55-25-8-26-56-88)112-77-92(78-114(129-113)116(112)122)125(90-59-29-10-30-60-90)118-95(83-45-15-3-16-46-83)63-38-64-96(118)84-47-17-4-18-48-84)79-103(109)121-101-69-31-34-72-106(101)127(119-97(85-49-19-5-20-50-85)65-39-66-98(119)86-51-21-6-22-52-86)111-76-91(75-110(126)115(111)121)124(89-57-27-9-28-58-89)117-93(81-41-11-1-12-42-81)61-37-62-94(117)82-43-13-2-14-44-82/h1-80H. The van der Waals surface area contributed by atoms with E-state index in [1.54, 1.807) is 6.07 Å². The second kappa shape index (κ2) is 32.4. The molecule has 0 amide bonds. The average Bonchev–Trinajstić information content (AvgIpc) is 1.46. The monoisotopic (exact) mass is 1660 g/mol. The number of para-hydroxylation sites is 9. The number of rotatable bonds is 17. The summed E-state index contributed by atoms with van der Waals surface area (Å²) in [7, 11) is 0. The first kappa shape index (κ1) is 76.5. The van der Waals surface area contributed by atoms with Gasteiger partial charge in [-0.25, -0.2) is 4.39 Å². The van der Waals surface area contributed by atoms with Crippen molar-refractivity contribution in [2.45, 2.75) is 9.79 Å². The summed E-state index contributed by atoms with van der Waals surface area (Å²) in [4.78, 5) is 14.7. The van der Waals surface area contributed by atoms with Gasteiger partial charge in [-0.15, -0.1) is 0 Å². The van der Waals surface area contributed by atoms with Gasteiger partial charge < -0.3 is 24.5 Å². The van der Waals surface area contributed by atoms with Gasteiger partial charge in [0, 0.05) is 105 Å². The molecule has 0 fully saturated rings. The van der Waals surface area contributed by atoms with Crippen LogP contribution < -0.4 is 57.3 Å². The minimum absolute atomic E-state index is 0.335. The minimum Gasteiger partial charge on any atom is -0.310 e. The van der Waals surface area contributed by atoms with Crippen molar-refractivity contribution in [1.82, 2.24) is 0 Å². The lowest BCUT2D eigenvalue weighted by atomic mass is 9.31. The van der Waals surface area contributed by atoms with Crippen molar-refractivity contribution in [1.29, 1.82) is 0 Å². The molecule has 24 rings (SSSR count). The summed E-state index contributed by atoms with van der Waals surface area (Å²) in [5.41, 5.74) is 38.3. The first-order chi connectivity index (χ1) is 64.0. The van der Waals surface area contributed by atoms with Gasteiger partial charge in [-0.3, -0.25) is 0 Å². The van der Waals surface area contributed by atoms with Gasteiger partial charge >= 0.3 is 0 Å². The zero-order chi connectivity index (χ0) is 85.4. The largest absolute Gasteiger partial charge is 0.310 e. The maximum Gasteiger partial charge on any atom is 0.252 e. The molecular formula is C120H80B2FN5S. The first-order valence-electron chi connectivity index (χ1n) is 44.2. The van der Waals surface area contributed by atoms with Crippen molar-refractivity contribution in [2.75, 3.05) is 24.5 Å². The van der Waals surface area contributed by atoms with E-state index in [2.05, 4.69) is 486 Å². The second-order valence-corrected chi connectivity index (χ2v) is 34.4. The maximum atomic E-state index is 18.9. The highest BCUT2D eigenvalue weighted by Gasteiger charge is 2.49. The van der Waals surface area contributed by atoms with Crippen molar-refractivity contribution in [3.63, 3.8) is 0 Å². The summed E-state index contributed by atoms with van der Waals surface area (Å²) in [5, 5.41) is 0. The molecule has 5 nitrogen and oxygen atoms in total. The van der Waals surface area contributed by atoms with Crippen molar-refractivity contribution < 1.29 is 4.39 Å². The fourth-order valence-corrected chi connectivity index (χ4v) is 21.9. The molecule has 0 atom stereocenters. The van der Waals surface area contributed by atoms with E-state index in [1.807, 2.05) is 30.0 Å². The first-order valence-corrected chi connectivity index (χ1v) is 45.0. The molecule has 4 aliphatic rings. The van der Waals surface area contributed by atoms with Gasteiger partial charge in [-0.1, -0.05) is 424 Å². The van der Waals surface area contributed by atoms with Crippen LogP contribution in [0.5, 0.6) is 0 Å². The topological polar surface area (TPSA) is 16.2 Å². The van der Waals surface area contributed by atoms with Crippen LogP contribution in [0.2, 0.25) is 0 Å². The van der Waals surface area contributed by atoms with Gasteiger partial charge in [0.15, 0.2) is 0 Å². The third-order valence-electron chi connectivity index (χ3n) is 26.1. The Morgan fingerprint density at radius 3 is 0.845 bits per heavy atom. The Bertz CT molecular complexity index is 7440.